The minimum absolute atomic E-state index is 0.125. The summed E-state index contributed by atoms with van der Waals surface area (Å²) in [6.45, 7) is 0.713. The highest BCUT2D eigenvalue weighted by atomic mass is 79.9. The van der Waals surface area contributed by atoms with E-state index >= 15 is 0 Å². The first-order chi connectivity index (χ1) is 7.06. The van der Waals surface area contributed by atoms with Crippen LogP contribution < -0.4 is 10.6 Å². The molecule has 0 aliphatic carbocycles. The molecule has 0 saturated heterocycles. The minimum atomic E-state index is 0.125. The molecule has 5 heteroatoms. The molecule has 3 nitrogen and oxygen atoms in total. The Morgan fingerprint density at radius 1 is 1.60 bits per heavy atom. The van der Waals surface area contributed by atoms with Crippen LogP contribution in [0.25, 0.3) is 0 Å². The predicted octanol–water partition coefficient (Wildman–Crippen LogP) is 1.51. The fourth-order valence-corrected chi connectivity index (χ4v) is 2.05. The van der Waals surface area contributed by atoms with E-state index in [1.807, 2.05) is 30.1 Å². The smallest absolute Gasteiger partial charge is 0.104 e. The van der Waals surface area contributed by atoms with Gasteiger partial charge in [-0.3, -0.25) is 0 Å². The molecular weight excluding hydrogens is 276 g/mol. The van der Waals surface area contributed by atoms with Crippen LogP contribution in [-0.2, 0) is 0 Å². The van der Waals surface area contributed by atoms with E-state index in [1.165, 1.54) is 0 Å². The summed E-state index contributed by atoms with van der Waals surface area (Å²) < 4.78 is 0.920. The number of benzene rings is 1. The normalized spacial score (nSPS) is 10.1. The topological polar surface area (TPSA) is 49.5 Å². The van der Waals surface area contributed by atoms with Gasteiger partial charge >= 0.3 is 0 Å². The van der Waals surface area contributed by atoms with Crippen LogP contribution in [0.4, 0.5) is 5.69 Å². The van der Waals surface area contributed by atoms with E-state index < -0.39 is 0 Å². The number of likely N-dealkylation sites (N-methyl/N-ethyl adjacent to an activating group) is 1. The Kier molecular flexibility index (Phi) is 4.50. The van der Waals surface area contributed by atoms with Crippen molar-refractivity contribution in [1.29, 1.82) is 0 Å². The van der Waals surface area contributed by atoms with Gasteiger partial charge in [-0.2, -0.15) is 0 Å². The van der Waals surface area contributed by atoms with Crippen LogP contribution in [0.15, 0.2) is 22.7 Å². The van der Waals surface area contributed by atoms with Crippen molar-refractivity contribution in [2.24, 2.45) is 5.73 Å². The molecule has 1 aromatic rings. The lowest BCUT2D eigenvalue weighted by Gasteiger charge is -2.19. The first-order valence-electron chi connectivity index (χ1n) is 4.47. The summed E-state index contributed by atoms with van der Waals surface area (Å²) in [5.41, 5.74) is 7.36. The maximum atomic E-state index is 8.83. The Morgan fingerprint density at radius 2 is 2.27 bits per heavy atom. The zero-order valence-electron chi connectivity index (χ0n) is 8.40. The van der Waals surface area contributed by atoms with Gasteiger partial charge in [0.25, 0.3) is 0 Å². The van der Waals surface area contributed by atoms with Gasteiger partial charge in [0, 0.05) is 23.6 Å². The fourth-order valence-electron chi connectivity index (χ4n) is 1.24. The van der Waals surface area contributed by atoms with E-state index in [4.69, 9.17) is 23.1 Å². The molecule has 0 radical (unpaired) electrons. The molecular formula is C10H13BrN2OS. The van der Waals surface area contributed by atoms with Crippen molar-refractivity contribution in [2.45, 2.75) is 0 Å². The second-order valence-electron chi connectivity index (χ2n) is 3.18. The number of rotatable bonds is 4. The molecule has 0 aliphatic rings. The molecule has 0 atom stereocenters. The van der Waals surface area contributed by atoms with Crippen molar-refractivity contribution >= 4 is 38.8 Å². The average Bonchev–Trinajstić information content (AvgIpc) is 2.17. The van der Waals surface area contributed by atoms with E-state index in [-0.39, 0.29) is 6.61 Å². The molecule has 3 N–H and O–H groups in total. The lowest BCUT2D eigenvalue weighted by molar-refractivity contribution is 0.304. The van der Waals surface area contributed by atoms with Gasteiger partial charge in [0.2, 0.25) is 0 Å². The summed E-state index contributed by atoms with van der Waals surface area (Å²) in [5.74, 6) is 0. The lowest BCUT2D eigenvalue weighted by Crippen LogP contribution is -2.21. The first kappa shape index (κ1) is 12.4. The van der Waals surface area contributed by atoms with E-state index in [0.29, 0.717) is 11.5 Å². The van der Waals surface area contributed by atoms with E-state index in [9.17, 15) is 0 Å². The number of nitrogens with two attached hydrogens (primary N) is 1. The molecule has 0 unspecified atom stereocenters. The molecule has 0 spiro atoms. The number of hydrogen-bond donors (Lipinski definition) is 2. The van der Waals surface area contributed by atoms with Gasteiger partial charge in [0.05, 0.1) is 12.3 Å². The van der Waals surface area contributed by atoms with Gasteiger partial charge < -0.3 is 15.7 Å². The minimum Gasteiger partial charge on any atom is -0.395 e. The predicted molar refractivity (Wildman–Crippen MR) is 70.4 cm³/mol. The highest BCUT2D eigenvalue weighted by Crippen LogP contribution is 2.26. The van der Waals surface area contributed by atoms with Gasteiger partial charge in [0.1, 0.15) is 4.99 Å². The van der Waals surface area contributed by atoms with Crippen LogP contribution in [0.3, 0.4) is 0 Å². The third-order valence-corrected chi connectivity index (χ3v) is 2.95. The van der Waals surface area contributed by atoms with Crippen LogP contribution in [0.2, 0.25) is 0 Å². The molecule has 0 fully saturated rings. The molecule has 0 aliphatic heterocycles. The third-order valence-electron chi connectivity index (χ3n) is 2.08. The monoisotopic (exact) mass is 288 g/mol. The summed E-state index contributed by atoms with van der Waals surface area (Å²) in [6.07, 6.45) is 0. The third kappa shape index (κ3) is 3.15. The molecule has 0 aromatic heterocycles. The Morgan fingerprint density at radius 3 is 2.73 bits per heavy atom. The number of aliphatic hydroxyl groups is 1. The van der Waals surface area contributed by atoms with E-state index in [0.717, 1.165) is 15.7 Å². The average molecular weight is 289 g/mol. The quantitative estimate of drug-likeness (QED) is 0.825. The number of thiocarbonyl (C=S) groups is 1. The molecule has 0 saturated carbocycles. The van der Waals surface area contributed by atoms with Crippen LogP contribution in [0, 0.1) is 0 Å². The Labute approximate surface area is 103 Å². The maximum absolute atomic E-state index is 8.83. The molecule has 15 heavy (non-hydrogen) atoms. The molecule has 0 bridgehead atoms. The number of halogens is 1. The summed E-state index contributed by atoms with van der Waals surface area (Å²) in [6, 6.07) is 5.68. The van der Waals surface area contributed by atoms with Crippen LogP contribution in [0.5, 0.6) is 0 Å². The molecule has 82 valence electrons. The van der Waals surface area contributed by atoms with Crippen LogP contribution in [0.1, 0.15) is 5.56 Å². The number of aliphatic hydroxyl groups excluding tert-OH is 1. The lowest BCUT2D eigenvalue weighted by atomic mass is 10.2. The zero-order chi connectivity index (χ0) is 11.4. The van der Waals surface area contributed by atoms with Gasteiger partial charge in [-0.25, -0.2) is 0 Å². The Balaban J connectivity index is 2.97. The van der Waals surface area contributed by atoms with E-state index in [2.05, 4.69) is 15.9 Å². The fraction of sp³-hybridized carbons (Fsp3) is 0.300. The summed E-state index contributed by atoms with van der Waals surface area (Å²) in [7, 11) is 1.91. The number of anilines is 1. The summed E-state index contributed by atoms with van der Waals surface area (Å²) >= 11 is 8.33. The van der Waals surface area contributed by atoms with Crippen molar-refractivity contribution in [3.63, 3.8) is 0 Å². The largest absolute Gasteiger partial charge is 0.395 e. The maximum Gasteiger partial charge on any atom is 0.104 e. The highest BCUT2D eigenvalue weighted by molar-refractivity contribution is 9.10. The van der Waals surface area contributed by atoms with Crippen molar-refractivity contribution in [1.82, 2.24) is 0 Å². The van der Waals surface area contributed by atoms with E-state index in [1.54, 1.807) is 0 Å². The Hall–Kier alpha value is -0.650. The van der Waals surface area contributed by atoms with Gasteiger partial charge in [-0.15, -0.1) is 0 Å². The second-order valence-corrected chi connectivity index (χ2v) is 4.47. The Bertz CT molecular complexity index is 370. The zero-order valence-corrected chi connectivity index (χ0v) is 10.8. The van der Waals surface area contributed by atoms with Gasteiger partial charge in [-0.05, 0) is 34.1 Å². The van der Waals surface area contributed by atoms with Crippen LogP contribution >= 0.6 is 28.1 Å². The summed E-state index contributed by atoms with van der Waals surface area (Å²) in [5, 5.41) is 8.83. The summed E-state index contributed by atoms with van der Waals surface area (Å²) in [4.78, 5) is 2.33. The molecule has 0 heterocycles. The van der Waals surface area contributed by atoms with Crippen molar-refractivity contribution in [3.8, 4) is 0 Å². The molecule has 0 amide bonds. The van der Waals surface area contributed by atoms with Crippen molar-refractivity contribution in [2.75, 3.05) is 25.1 Å². The van der Waals surface area contributed by atoms with Gasteiger partial charge in [0.15, 0.2) is 0 Å². The first-order valence-corrected chi connectivity index (χ1v) is 5.67. The highest BCUT2D eigenvalue weighted by Gasteiger charge is 2.06. The molecule has 1 rings (SSSR count). The van der Waals surface area contributed by atoms with Crippen molar-refractivity contribution in [3.05, 3.63) is 28.2 Å². The van der Waals surface area contributed by atoms with Crippen molar-refractivity contribution < 1.29 is 5.11 Å². The number of nitrogens with zero attached hydrogens (tertiary/aromatic N) is 1. The standard InChI is InChI=1S/C10H13BrN2OS/c1-13(4-5-14)9-3-2-7(10(12)15)6-8(9)11/h2-3,6,14H,4-5H2,1H3,(H2,12,15). The number of hydrogen-bond acceptors (Lipinski definition) is 3. The molecule has 1 aromatic carbocycles. The van der Waals surface area contributed by atoms with Gasteiger partial charge in [-0.1, -0.05) is 12.2 Å². The second kappa shape index (κ2) is 5.44. The van der Waals surface area contributed by atoms with Crippen LogP contribution in [-0.4, -0.2) is 30.3 Å². The SMILES string of the molecule is CN(CCO)c1ccc(C(N)=S)cc1Br.